The first-order chi connectivity index (χ1) is 18.7. The van der Waals surface area contributed by atoms with E-state index in [0.717, 1.165) is 28.7 Å². The van der Waals surface area contributed by atoms with Crippen LogP contribution in [0.25, 0.3) is 11.1 Å². The van der Waals surface area contributed by atoms with Gasteiger partial charge in [0.2, 0.25) is 5.88 Å². The Morgan fingerprint density at radius 1 is 1.10 bits per heavy atom. The minimum absolute atomic E-state index is 0.148. The molecule has 8 heteroatoms. The summed E-state index contributed by atoms with van der Waals surface area (Å²) in [7, 11) is 0. The first-order valence-corrected chi connectivity index (χ1v) is 13.6. The van der Waals surface area contributed by atoms with E-state index in [1.165, 1.54) is 4.90 Å². The van der Waals surface area contributed by atoms with E-state index in [0.29, 0.717) is 25.6 Å². The molecule has 0 spiro atoms. The molecule has 8 nitrogen and oxygen atoms in total. The summed E-state index contributed by atoms with van der Waals surface area (Å²) in [5, 5.41) is 22.7. The van der Waals surface area contributed by atoms with Gasteiger partial charge in [-0.25, -0.2) is 4.98 Å². The van der Waals surface area contributed by atoms with Crippen LogP contribution in [-0.2, 0) is 16.1 Å². The van der Waals surface area contributed by atoms with Gasteiger partial charge in [0, 0.05) is 31.4 Å². The molecule has 0 saturated carbocycles. The fourth-order valence-corrected chi connectivity index (χ4v) is 3.40. The first kappa shape index (κ1) is 35.5. The molecule has 0 aliphatic heterocycles. The summed E-state index contributed by atoms with van der Waals surface area (Å²) in [5.74, 6) is -0.904. The lowest BCUT2D eigenvalue weighted by atomic mass is 10.0. The lowest BCUT2D eigenvalue weighted by Crippen LogP contribution is -2.50. The van der Waals surface area contributed by atoms with E-state index in [-0.39, 0.29) is 6.54 Å². The molecule has 3 N–H and O–H groups in total. The molecular weight excluding hydrogens is 494 g/mol. The molecule has 39 heavy (non-hydrogen) atoms. The van der Waals surface area contributed by atoms with Gasteiger partial charge in [0.25, 0.3) is 11.8 Å². The second-order valence-corrected chi connectivity index (χ2v) is 8.36. The highest BCUT2D eigenvalue weighted by atomic mass is 16.5. The lowest BCUT2D eigenvalue weighted by molar-refractivity contribution is -0.153. The van der Waals surface area contributed by atoms with Crippen LogP contribution >= 0.6 is 0 Å². The zero-order chi connectivity index (χ0) is 29.8. The molecule has 0 radical (unpaired) electrons. The van der Waals surface area contributed by atoms with E-state index in [4.69, 9.17) is 4.74 Å². The van der Waals surface area contributed by atoms with Crippen LogP contribution < -0.4 is 10.1 Å². The molecule has 1 unspecified atom stereocenters. The van der Waals surface area contributed by atoms with Gasteiger partial charge in [-0.15, -0.1) is 0 Å². The van der Waals surface area contributed by atoms with Crippen molar-refractivity contribution >= 4 is 11.8 Å². The fraction of sp³-hybridized carbons (Fsp3) is 0.452. The second-order valence-electron chi connectivity index (χ2n) is 8.36. The number of ether oxygens (including phenoxy) is 1. The Kier molecular flexibility index (Phi) is 18.6. The van der Waals surface area contributed by atoms with Crippen molar-refractivity contribution in [1.82, 2.24) is 15.2 Å². The van der Waals surface area contributed by atoms with Crippen LogP contribution in [0.4, 0.5) is 0 Å². The zero-order valence-corrected chi connectivity index (χ0v) is 24.6. The Morgan fingerprint density at radius 3 is 2.23 bits per heavy atom. The second kappa shape index (κ2) is 20.5. The molecule has 2 amide bonds. The van der Waals surface area contributed by atoms with E-state index >= 15 is 0 Å². The van der Waals surface area contributed by atoms with Crippen molar-refractivity contribution in [3.05, 3.63) is 72.5 Å². The van der Waals surface area contributed by atoms with Gasteiger partial charge in [0.05, 0.1) is 6.61 Å². The summed E-state index contributed by atoms with van der Waals surface area (Å²) >= 11 is 0. The molecule has 0 aliphatic rings. The third-order valence-corrected chi connectivity index (χ3v) is 5.24. The number of amides is 2. The molecule has 216 valence electrons. The summed E-state index contributed by atoms with van der Waals surface area (Å²) < 4.78 is 5.56. The molecule has 0 aliphatic carbocycles. The topological polar surface area (TPSA) is 112 Å². The Bertz CT molecular complexity index is 1020. The standard InChI is InChI=1S/C23H31N3O5.C6H10.C2H6/c1-4-14-26(5-2)23(30)20(28)19(27)21(29)25-15-16-9-11-17(12-10-16)18-8-7-13-24-22(18)31-6-3;1-4-5-6(2)3;1-2/h7-13,19-20,27-28H,4-6,14-15H2,1-3H3,(H,25,29);4-5H,2H2,1,3H3;1-2H3/b;5-4-;/t19?,20-;;/m1../s1. The van der Waals surface area contributed by atoms with Gasteiger partial charge in [-0.3, -0.25) is 9.59 Å². The van der Waals surface area contributed by atoms with Crippen molar-refractivity contribution in [2.75, 3.05) is 19.7 Å². The van der Waals surface area contributed by atoms with Crippen molar-refractivity contribution < 1.29 is 24.5 Å². The third-order valence-electron chi connectivity index (χ3n) is 5.24. The van der Waals surface area contributed by atoms with Crippen molar-refractivity contribution in [2.45, 2.75) is 73.6 Å². The number of carbonyl (C=O) groups is 2. The van der Waals surface area contributed by atoms with E-state index < -0.39 is 24.0 Å². The predicted molar refractivity (Wildman–Crippen MR) is 158 cm³/mol. The molecule has 1 aromatic carbocycles. The number of aliphatic hydroxyl groups excluding tert-OH is 2. The molecule has 2 atom stereocenters. The largest absolute Gasteiger partial charge is 0.478 e. The van der Waals surface area contributed by atoms with Gasteiger partial charge >= 0.3 is 0 Å². The molecule has 1 aromatic heterocycles. The Labute approximate surface area is 234 Å². The van der Waals surface area contributed by atoms with Gasteiger partial charge in [-0.05, 0) is 57.4 Å². The molecule has 0 bridgehead atoms. The van der Waals surface area contributed by atoms with Crippen LogP contribution in [0.3, 0.4) is 0 Å². The number of pyridine rings is 1. The highest BCUT2D eigenvalue weighted by Crippen LogP contribution is 2.27. The summed E-state index contributed by atoms with van der Waals surface area (Å²) in [4.78, 5) is 30.1. The number of hydrogen-bond acceptors (Lipinski definition) is 6. The van der Waals surface area contributed by atoms with Crippen LogP contribution in [0.2, 0.25) is 0 Å². The quantitative estimate of drug-likeness (QED) is 0.329. The Balaban J connectivity index is 0.00000159. The molecule has 1 heterocycles. The van der Waals surface area contributed by atoms with Crippen molar-refractivity contribution in [3.8, 4) is 17.0 Å². The van der Waals surface area contributed by atoms with Gasteiger partial charge in [-0.2, -0.15) is 0 Å². The minimum Gasteiger partial charge on any atom is -0.478 e. The maximum absolute atomic E-state index is 12.3. The Morgan fingerprint density at radius 2 is 1.74 bits per heavy atom. The fourth-order valence-electron chi connectivity index (χ4n) is 3.40. The third kappa shape index (κ3) is 12.7. The van der Waals surface area contributed by atoms with Crippen LogP contribution in [0.15, 0.2) is 66.9 Å². The average Bonchev–Trinajstić information content (AvgIpc) is 2.95. The number of rotatable bonds is 12. The average molecular weight is 542 g/mol. The summed E-state index contributed by atoms with van der Waals surface area (Å²) in [6.07, 6.45) is 2.71. The van der Waals surface area contributed by atoms with Crippen LogP contribution in [0, 0.1) is 0 Å². The number of nitrogens with one attached hydrogen (secondary N) is 1. The van der Waals surface area contributed by atoms with Crippen molar-refractivity contribution in [1.29, 1.82) is 0 Å². The number of aliphatic hydroxyl groups is 2. The maximum Gasteiger partial charge on any atom is 0.254 e. The van der Waals surface area contributed by atoms with Gasteiger partial charge in [0.15, 0.2) is 12.2 Å². The number of benzene rings is 1. The minimum atomic E-state index is -1.83. The number of allylic oxidation sites excluding steroid dienone is 3. The van der Waals surface area contributed by atoms with E-state index in [2.05, 4.69) is 16.9 Å². The van der Waals surface area contributed by atoms with Crippen molar-refractivity contribution in [2.24, 2.45) is 0 Å². The molecule has 0 saturated heterocycles. The normalized spacial score (nSPS) is 11.7. The summed E-state index contributed by atoms with van der Waals surface area (Å²) in [6.45, 7) is 18.7. The van der Waals surface area contributed by atoms with E-state index in [1.807, 2.05) is 90.1 Å². The molecule has 2 aromatic rings. The smallest absolute Gasteiger partial charge is 0.254 e. The summed E-state index contributed by atoms with van der Waals surface area (Å²) in [5.41, 5.74) is 3.69. The number of hydrogen-bond donors (Lipinski definition) is 3. The van der Waals surface area contributed by atoms with Crippen LogP contribution in [0.1, 0.15) is 60.5 Å². The van der Waals surface area contributed by atoms with Crippen LogP contribution in [0.5, 0.6) is 5.88 Å². The van der Waals surface area contributed by atoms with Gasteiger partial charge < -0.3 is 25.2 Å². The lowest BCUT2D eigenvalue weighted by Gasteiger charge is -2.25. The number of carbonyl (C=O) groups excluding carboxylic acids is 2. The number of likely N-dealkylation sites (N-methyl/N-ethyl adjacent to an activating group) is 1. The van der Waals surface area contributed by atoms with Gasteiger partial charge in [0.1, 0.15) is 0 Å². The first-order valence-electron chi connectivity index (χ1n) is 13.6. The van der Waals surface area contributed by atoms with Crippen LogP contribution in [-0.4, -0.2) is 63.8 Å². The monoisotopic (exact) mass is 541 g/mol. The van der Waals surface area contributed by atoms with Crippen molar-refractivity contribution in [3.63, 3.8) is 0 Å². The molecular formula is C31H47N3O5. The predicted octanol–water partition coefficient (Wildman–Crippen LogP) is 4.91. The Hall–Kier alpha value is -3.49. The van der Waals surface area contributed by atoms with E-state index in [9.17, 15) is 19.8 Å². The zero-order valence-electron chi connectivity index (χ0n) is 24.6. The highest BCUT2D eigenvalue weighted by Gasteiger charge is 2.32. The molecule has 0 fully saturated rings. The van der Waals surface area contributed by atoms with Gasteiger partial charge in [-0.1, -0.05) is 69.3 Å². The maximum atomic E-state index is 12.3. The highest BCUT2D eigenvalue weighted by molar-refractivity contribution is 5.90. The summed E-state index contributed by atoms with van der Waals surface area (Å²) in [6, 6.07) is 11.2. The molecule has 2 rings (SSSR count). The number of aromatic nitrogens is 1. The SMILES string of the molecule is C=C(C)/C=C\C.CC.CCCN(CC)C(=O)[C@H](O)C(O)C(=O)NCc1ccc(-c2cccnc2OCC)cc1. The van der Waals surface area contributed by atoms with E-state index in [1.54, 1.807) is 13.1 Å². The number of nitrogens with zero attached hydrogens (tertiary/aromatic N) is 2.